The molecule has 1 fully saturated rings. The quantitative estimate of drug-likeness (QED) is 0.822. The second kappa shape index (κ2) is 7.01. The summed E-state index contributed by atoms with van der Waals surface area (Å²) in [6.07, 6.45) is 0.832. The van der Waals surface area contributed by atoms with Crippen LogP contribution in [0.3, 0.4) is 0 Å². The van der Waals surface area contributed by atoms with Gasteiger partial charge in [0.2, 0.25) is 5.91 Å². The fourth-order valence-corrected chi connectivity index (χ4v) is 4.63. The Morgan fingerprint density at radius 3 is 2.32 bits per heavy atom. The van der Waals surface area contributed by atoms with Crippen molar-refractivity contribution in [1.82, 2.24) is 0 Å². The third-order valence-electron chi connectivity index (χ3n) is 3.88. The fourth-order valence-electron chi connectivity index (χ4n) is 2.47. The first-order valence-corrected chi connectivity index (χ1v) is 10.2. The van der Waals surface area contributed by atoms with Crippen LogP contribution in [-0.2, 0) is 21.2 Å². The third-order valence-corrected chi connectivity index (χ3v) is 6.32. The van der Waals surface area contributed by atoms with Crippen molar-refractivity contribution in [3.63, 3.8) is 0 Å². The summed E-state index contributed by atoms with van der Waals surface area (Å²) < 4.78 is 29.2. The predicted octanol–water partition coefficient (Wildman–Crippen LogP) is 3.46. The lowest BCUT2D eigenvalue weighted by atomic mass is 10.2. The standard InChI is InChI=1S/C18H18N2O3S2/c1-3-14-9-11-16(12-10-14)25(22,23)19-18-20(17(21)13(2)24-18)15-7-5-4-6-8-15/h4-13H,3H2,1-2H3/b19-18+. The maximum Gasteiger partial charge on any atom is 0.284 e. The molecule has 7 heteroatoms. The van der Waals surface area contributed by atoms with Crippen LogP contribution in [0, 0.1) is 0 Å². The Morgan fingerprint density at radius 1 is 1.08 bits per heavy atom. The van der Waals surface area contributed by atoms with Crippen LogP contribution in [-0.4, -0.2) is 24.7 Å². The lowest BCUT2D eigenvalue weighted by molar-refractivity contribution is -0.116. The Hall–Kier alpha value is -2.12. The number of nitrogens with zero attached hydrogens (tertiary/aromatic N) is 2. The van der Waals surface area contributed by atoms with Crippen molar-refractivity contribution in [3.8, 4) is 0 Å². The van der Waals surface area contributed by atoms with Gasteiger partial charge in [0.25, 0.3) is 10.0 Å². The fraction of sp³-hybridized carbons (Fsp3) is 0.222. The topological polar surface area (TPSA) is 66.8 Å². The molecule has 1 aliphatic rings. The highest BCUT2D eigenvalue weighted by atomic mass is 32.2. The van der Waals surface area contributed by atoms with Crippen LogP contribution in [0.25, 0.3) is 0 Å². The largest absolute Gasteiger partial charge is 0.284 e. The minimum atomic E-state index is -3.88. The van der Waals surface area contributed by atoms with E-state index in [1.165, 1.54) is 4.90 Å². The maximum atomic E-state index is 12.6. The van der Waals surface area contributed by atoms with E-state index < -0.39 is 10.0 Å². The zero-order chi connectivity index (χ0) is 18.0. The molecule has 3 rings (SSSR count). The lowest BCUT2D eigenvalue weighted by Crippen LogP contribution is -2.31. The first-order valence-electron chi connectivity index (χ1n) is 7.92. The highest BCUT2D eigenvalue weighted by Gasteiger charge is 2.37. The van der Waals surface area contributed by atoms with E-state index in [2.05, 4.69) is 4.40 Å². The van der Waals surface area contributed by atoms with Crippen LogP contribution in [0.2, 0.25) is 0 Å². The van der Waals surface area contributed by atoms with E-state index in [1.807, 2.05) is 13.0 Å². The van der Waals surface area contributed by atoms with Crippen molar-refractivity contribution in [2.24, 2.45) is 4.40 Å². The molecule has 0 saturated carbocycles. The molecule has 1 unspecified atom stereocenters. The van der Waals surface area contributed by atoms with Gasteiger partial charge in [-0.1, -0.05) is 49.0 Å². The molecular formula is C18H18N2O3S2. The summed E-state index contributed by atoms with van der Waals surface area (Å²) in [6, 6.07) is 15.6. The molecule has 1 atom stereocenters. The summed E-state index contributed by atoms with van der Waals surface area (Å²) >= 11 is 1.15. The number of para-hydroxylation sites is 1. The Morgan fingerprint density at radius 2 is 1.72 bits per heavy atom. The van der Waals surface area contributed by atoms with Gasteiger partial charge in [-0.3, -0.25) is 9.69 Å². The molecule has 0 N–H and O–H groups in total. The highest BCUT2D eigenvalue weighted by Crippen LogP contribution is 2.32. The Labute approximate surface area is 151 Å². The van der Waals surface area contributed by atoms with E-state index in [9.17, 15) is 13.2 Å². The van der Waals surface area contributed by atoms with Gasteiger partial charge >= 0.3 is 0 Å². The van der Waals surface area contributed by atoms with Crippen LogP contribution < -0.4 is 4.90 Å². The number of carbonyl (C=O) groups is 1. The number of amides is 1. The van der Waals surface area contributed by atoms with Crippen molar-refractivity contribution in [1.29, 1.82) is 0 Å². The van der Waals surface area contributed by atoms with E-state index in [-0.39, 0.29) is 21.2 Å². The molecule has 25 heavy (non-hydrogen) atoms. The monoisotopic (exact) mass is 374 g/mol. The zero-order valence-electron chi connectivity index (χ0n) is 13.9. The van der Waals surface area contributed by atoms with E-state index in [1.54, 1.807) is 55.5 Å². The van der Waals surface area contributed by atoms with Gasteiger partial charge in [-0.15, -0.1) is 4.40 Å². The number of amidine groups is 1. The number of hydrogen-bond donors (Lipinski definition) is 0. The molecule has 130 valence electrons. The number of thioether (sulfide) groups is 1. The molecule has 1 aliphatic heterocycles. The van der Waals surface area contributed by atoms with Gasteiger partial charge in [0, 0.05) is 0 Å². The second-order valence-electron chi connectivity index (χ2n) is 5.62. The molecule has 0 aliphatic carbocycles. The molecular weight excluding hydrogens is 356 g/mol. The van der Waals surface area contributed by atoms with Crippen LogP contribution in [0.5, 0.6) is 0 Å². The Balaban J connectivity index is 2.01. The zero-order valence-corrected chi connectivity index (χ0v) is 15.5. The van der Waals surface area contributed by atoms with Gasteiger partial charge in [-0.05, 0) is 43.2 Å². The van der Waals surface area contributed by atoms with Crippen LogP contribution in [0.4, 0.5) is 5.69 Å². The van der Waals surface area contributed by atoms with Gasteiger partial charge in [0.1, 0.15) is 0 Å². The lowest BCUT2D eigenvalue weighted by Gasteiger charge is -2.15. The number of hydrogen-bond acceptors (Lipinski definition) is 4. The molecule has 0 aromatic heterocycles. The SMILES string of the molecule is CCc1ccc(S(=O)(=O)/N=C2/SC(C)C(=O)N2c2ccccc2)cc1. The molecule has 2 aromatic rings. The number of carbonyl (C=O) groups excluding carboxylic acids is 1. The minimum absolute atomic E-state index is 0.123. The van der Waals surface area contributed by atoms with Crippen molar-refractivity contribution in [2.45, 2.75) is 30.4 Å². The molecule has 2 aromatic carbocycles. The average molecular weight is 374 g/mol. The van der Waals surface area contributed by atoms with E-state index in [0.29, 0.717) is 5.69 Å². The second-order valence-corrected chi connectivity index (χ2v) is 8.53. The normalized spacial score (nSPS) is 19.6. The third kappa shape index (κ3) is 3.62. The number of benzene rings is 2. The summed E-state index contributed by atoms with van der Waals surface area (Å²) in [5.74, 6) is -0.175. The minimum Gasteiger partial charge on any atom is -0.273 e. The smallest absolute Gasteiger partial charge is 0.273 e. The van der Waals surface area contributed by atoms with Crippen molar-refractivity contribution in [2.75, 3.05) is 4.90 Å². The number of aryl methyl sites for hydroxylation is 1. The van der Waals surface area contributed by atoms with E-state index in [4.69, 9.17) is 0 Å². The van der Waals surface area contributed by atoms with Gasteiger partial charge in [0.15, 0.2) is 5.17 Å². The summed E-state index contributed by atoms with van der Waals surface area (Å²) in [6.45, 7) is 3.75. The number of sulfonamides is 1. The van der Waals surface area contributed by atoms with Gasteiger partial charge in [-0.25, -0.2) is 0 Å². The highest BCUT2D eigenvalue weighted by molar-refractivity contribution is 8.16. The van der Waals surface area contributed by atoms with Gasteiger partial charge in [-0.2, -0.15) is 8.42 Å². The molecule has 0 radical (unpaired) electrons. The first-order chi connectivity index (χ1) is 11.9. The molecule has 1 heterocycles. The Kier molecular flexibility index (Phi) is 4.96. The van der Waals surface area contributed by atoms with Crippen molar-refractivity contribution < 1.29 is 13.2 Å². The summed E-state index contributed by atoms with van der Waals surface area (Å²) in [7, 11) is -3.88. The molecule has 1 amide bonds. The van der Waals surface area contributed by atoms with Crippen molar-refractivity contribution in [3.05, 3.63) is 60.2 Å². The van der Waals surface area contributed by atoms with Gasteiger partial charge < -0.3 is 0 Å². The van der Waals surface area contributed by atoms with E-state index >= 15 is 0 Å². The average Bonchev–Trinajstić information content (AvgIpc) is 2.89. The maximum absolute atomic E-state index is 12.6. The van der Waals surface area contributed by atoms with Crippen molar-refractivity contribution >= 4 is 38.5 Å². The summed E-state index contributed by atoms with van der Waals surface area (Å²) in [4.78, 5) is 13.9. The summed E-state index contributed by atoms with van der Waals surface area (Å²) in [5.41, 5.74) is 1.66. The molecule has 0 spiro atoms. The van der Waals surface area contributed by atoms with Crippen LogP contribution >= 0.6 is 11.8 Å². The Bertz CT molecular complexity index is 907. The van der Waals surface area contributed by atoms with Crippen LogP contribution in [0.15, 0.2) is 63.9 Å². The first kappa shape index (κ1) is 17.7. The number of rotatable bonds is 4. The predicted molar refractivity (Wildman–Crippen MR) is 101 cm³/mol. The molecule has 5 nitrogen and oxygen atoms in total. The van der Waals surface area contributed by atoms with Gasteiger partial charge in [0.05, 0.1) is 15.8 Å². The van der Waals surface area contributed by atoms with E-state index in [0.717, 1.165) is 23.7 Å². The molecule has 1 saturated heterocycles. The summed E-state index contributed by atoms with van der Waals surface area (Å²) in [5, 5.41) is -0.195. The molecule has 0 bridgehead atoms. The number of anilines is 1. The van der Waals surface area contributed by atoms with Crippen LogP contribution in [0.1, 0.15) is 19.4 Å².